The van der Waals surface area contributed by atoms with Crippen molar-refractivity contribution < 1.29 is 14.3 Å². The predicted octanol–water partition coefficient (Wildman–Crippen LogP) is 4.36. The second-order valence-corrected chi connectivity index (χ2v) is 6.00. The first-order valence-electron chi connectivity index (χ1n) is 8.35. The summed E-state index contributed by atoms with van der Waals surface area (Å²) in [6, 6.07) is 11.0. The van der Waals surface area contributed by atoms with Gasteiger partial charge in [-0.15, -0.1) is 0 Å². The highest BCUT2D eigenvalue weighted by Crippen LogP contribution is 2.36. The number of carbonyl (C=O) groups excluding carboxylic acids is 1. The molecule has 6 heteroatoms. The van der Waals surface area contributed by atoms with Crippen LogP contribution in [0.3, 0.4) is 0 Å². The monoisotopic (exact) mass is 372 g/mol. The molecule has 0 saturated carbocycles. The molecule has 0 aliphatic heterocycles. The van der Waals surface area contributed by atoms with Crippen molar-refractivity contribution in [2.24, 2.45) is 0 Å². The average molecular weight is 373 g/mol. The van der Waals surface area contributed by atoms with Crippen molar-refractivity contribution in [3.8, 4) is 17.6 Å². The summed E-state index contributed by atoms with van der Waals surface area (Å²) < 4.78 is 10.8. The molecule has 136 valence electrons. The topological polar surface area (TPSA) is 71.3 Å². The molecule has 0 unspecified atom stereocenters. The maximum atomic E-state index is 12.4. The van der Waals surface area contributed by atoms with Gasteiger partial charge in [-0.3, -0.25) is 4.79 Å². The van der Waals surface area contributed by atoms with Crippen molar-refractivity contribution in [1.29, 1.82) is 5.26 Å². The fourth-order valence-electron chi connectivity index (χ4n) is 2.64. The van der Waals surface area contributed by atoms with Crippen molar-refractivity contribution in [2.75, 3.05) is 19.0 Å². The molecule has 0 bridgehead atoms. The number of aryl methyl sites for hydroxylation is 2. The van der Waals surface area contributed by atoms with Crippen molar-refractivity contribution in [3.63, 3.8) is 0 Å². The molecule has 5 nitrogen and oxygen atoms in total. The van der Waals surface area contributed by atoms with Crippen LogP contribution in [0.25, 0.3) is 0 Å². The lowest BCUT2D eigenvalue weighted by molar-refractivity contribution is -0.118. The van der Waals surface area contributed by atoms with Gasteiger partial charge in [0, 0.05) is 11.8 Å². The number of nitrogens with zero attached hydrogens (tertiary/aromatic N) is 1. The summed E-state index contributed by atoms with van der Waals surface area (Å²) in [5.41, 5.74) is 3.34. The van der Waals surface area contributed by atoms with E-state index >= 15 is 0 Å². The van der Waals surface area contributed by atoms with E-state index in [9.17, 15) is 4.79 Å². The third-order valence-corrected chi connectivity index (χ3v) is 4.25. The number of para-hydroxylation sites is 1. The van der Waals surface area contributed by atoms with E-state index in [1.54, 1.807) is 0 Å². The normalized spacial score (nSPS) is 10.1. The van der Waals surface area contributed by atoms with Gasteiger partial charge >= 0.3 is 0 Å². The Bertz CT molecular complexity index is 821. The summed E-state index contributed by atoms with van der Waals surface area (Å²) in [6.07, 6.45) is 1.64. The number of halogens is 1. The fraction of sp³-hybridized carbons (Fsp3) is 0.300. The van der Waals surface area contributed by atoms with Crippen LogP contribution in [0.15, 0.2) is 30.3 Å². The molecule has 1 amide bonds. The first-order chi connectivity index (χ1) is 12.5. The van der Waals surface area contributed by atoms with Crippen LogP contribution in [0.1, 0.15) is 30.5 Å². The summed E-state index contributed by atoms with van der Waals surface area (Å²) in [6.45, 7) is 3.87. The number of nitrogens with one attached hydrogen (secondary N) is 1. The summed E-state index contributed by atoms with van der Waals surface area (Å²) in [5, 5.41) is 12.1. The highest BCUT2D eigenvalue weighted by atomic mass is 35.5. The number of anilines is 1. The standard InChI is InChI=1S/C20H21ClN2O3/c1-4-14-7-6-8-15(5-2)19(14)23-18(24)12-26-20-16(21)9-13(11-22)10-17(20)25-3/h6-10H,4-5,12H2,1-3H3,(H,23,24). The molecule has 0 radical (unpaired) electrons. The van der Waals surface area contributed by atoms with Gasteiger partial charge in [0.2, 0.25) is 0 Å². The van der Waals surface area contributed by atoms with Gasteiger partial charge in [0.15, 0.2) is 18.1 Å². The Morgan fingerprint density at radius 3 is 2.42 bits per heavy atom. The second-order valence-electron chi connectivity index (χ2n) is 5.60. The van der Waals surface area contributed by atoms with Gasteiger partial charge in [-0.2, -0.15) is 5.26 Å². The maximum absolute atomic E-state index is 12.4. The Balaban J connectivity index is 2.15. The van der Waals surface area contributed by atoms with Gasteiger partial charge in [-0.25, -0.2) is 0 Å². The van der Waals surface area contributed by atoms with Crippen molar-refractivity contribution in [3.05, 3.63) is 52.0 Å². The molecule has 2 rings (SSSR count). The minimum Gasteiger partial charge on any atom is -0.493 e. The van der Waals surface area contributed by atoms with Gasteiger partial charge in [0.25, 0.3) is 5.91 Å². The molecular weight excluding hydrogens is 352 g/mol. The number of amides is 1. The second kappa shape index (κ2) is 9.12. The molecule has 0 saturated heterocycles. The lowest BCUT2D eigenvalue weighted by atomic mass is 10.0. The molecule has 0 atom stereocenters. The highest BCUT2D eigenvalue weighted by Gasteiger charge is 2.15. The number of methoxy groups -OCH3 is 1. The van der Waals surface area contributed by atoms with Gasteiger partial charge in [0.1, 0.15) is 0 Å². The minimum atomic E-state index is -0.289. The van der Waals surface area contributed by atoms with E-state index in [2.05, 4.69) is 5.32 Å². The smallest absolute Gasteiger partial charge is 0.262 e. The molecule has 0 spiro atoms. The van der Waals surface area contributed by atoms with Gasteiger partial charge in [0.05, 0.1) is 23.8 Å². The fourth-order valence-corrected chi connectivity index (χ4v) is 2.91. The van der Waals surface area contributed by atoms with E-state index in [1.165, 1.54) is 19.2 Å². The van der Waals surface area contributed by atoms with E-state index in [4.69, 9.17) is 26.3 Å². The summed E-state index contributed by atoms with van der Waals surface area (Å²) in [7, 11) is 1.45. The van der Waals surface area contributed by atoms with E-state index in [-0.39, 0.29) is 23.3 Å². The van der Waals surface area contributed by atoms with Crippen LogP contribution in [-0.2, 0) is 17.6 Å². The Hall–Kier alpha value is -2.71. The number of hydrogen-bond donors (Lipinski definition) is 1. The number of hydrogen-bond acceptors (Lipinski definition) is 4. The zero-order chi connectivity index (χ0) is 19.1. The Morgan fingerprint density at radius 1 is 1.23 bits per heavy atom. The molecular formula is C20H21ClN2O3. The zero-order valence-corrected chi connectivity index (χ0v) is 15.8. The molecule has 0 aliphatic rings. The van der Waals surface area contributed by atoms with Gasteiger partial charge in [-0.1, -0.05) is 43.6 Å². The number of rotatable bonds is 7. The summed E-state index contributed by atoms with van der Waals surface area (Å²) in [5.74, 6) is 0.260. The van der Waals surface area contributed by atoms with E-state index in [0.29, 0.717) is 11.3 Å². The van der Waals surface area contributed by atoms with E-state index in [0.717, 1.165) is 29.7 Å². The summed E-state index contributed by atoms with van der Waals surface area (Å²) in [4.78, 5) is 12.4. The van der Waals surface area contributed by atoms with Crippen LogP contribution in [-0.4, -0.2) is 19.6 Å². The van der Waals surface area contributed by atoms with Crippen molar-refractivity contribution in [1.82, 2.24) is 0 Å². The molecule has 2 aromatic rings. The maximum Gasteiger partial charge on any atom is 0.262 e. The quantitative estimate of drug-likeness (QED) is 0.783. The van der Waals surface area contributed by atoms with Crippen LogP contribution >= 0.6 is 11.6 Å². The zero-order valence-electron chi connectivity index (χ0n) is 15.1. The molecule has 0 heterocycles. The van der Waals surface area contributed by atoms with Gasteiger partial charge in [-0.05, 0) is 30.0 Å². The lowest BCUT2D eigenvalue weighted by Crippen LogP contribution is -2.22. The molecule has 2 aromatic carbocycles. The van der Waals surface area contributed by atoms with Crippen LogP contribution in [0.5, 0.6) is 11.5 Å². The highest BCUT2D eigenvalue weighted by molar-refractivity contribution is 6.32. The Morgan fingerprint density at radius 2 is 1.88 bits per heavy atom. The first-order valence-corrected chi connectivity index (χ1v) is 8.72. The average Bonchev–Trinajstić information content (AvgIpc) is 2.66. The predicted molar refractivity (Wildman–Crippen MR) is 102 cm³/mol. The Kier molecular flexibility index (Phi) is 6.88. The van der Waals surface area contributed by atoms with Crippen molar-refractivity contribution in [2.45, 2.75) is 26.7 Å². The van der Waals surface area contributed by atoms with Crippen LogP contribution < -0.4 is 14.8 Å². The van der Waals surface area contributed by atoms with Crippen LogP contribution in [0, 0.1) is 11.3 Å². The molecule has 1 N–H and O–H groups in total. The van der Waals surface area contributed by atoms with Crippen LogP contribution in [0.2, 0.25) is 5.02 Å². The third-order valence-electron chi connectivity index (χ3n) is 3.97. The van der Waals surface area contributed by atoms with E-state index in [1.807, 2.05) is 38.1 Å². The first kappa shape index (κ1) is 19.6. The molecule has 0 aliphatic carbocycles. The molecule has 0 fully saturated rings. The van der Waals surface area contributed by atoms with Crippen LogP contribution in [0.4, 0.5) is 5.69 Å². The number of nitriles is 1. The van der Waals surface area contributed by atoms with E-state index < -0.39 is 0 Å². The number of ether oxygens (including phenoxy) is 2. The molecule has 26 heavy (non-hydrogen) atoms. The number of carbonyl (C=O) groups is 1. The molecule has 0 aromatic heterocycles. The SMILES string of the molecule is CCc1cccc(CC)c1NC(=O)COc1c(Cl)cc(C#N)cc1OC. The van der Waals surface area contributed by atoms with Gasteiger partial charge < -0.3 is 14.8 Å². The number of benzene rings is 2. The summed E-state index contributed by atoms with van der Waals surface area (Å²) >= 11 is 6.14. The third kappa shape index (κ3) is 4.47. The Labute approximate surface area is 158 Å². The minimum absolute atomic E-state index is 0.219. The lowest BCUT2D eigenvalue weighted by Gasteiger charge is -2.16. The largest absolute Gasteiger partial charge is 0.493 e. The van der Waals surface area contributed by atoms with Crippen molar-refractivity contribution >= 4 is 23.2 Å².